The minimum absolute atomic E-state index is 0.0580. The van der Waals surface area contributed by atoms with E-state index >= 15 is 0 Å². The minimum Gasteiger partial charge on any atom is -0.414 e. The Morgan fingerprint density at radius 3 is 2.56 bits per heavy atom. The van der Waals surface area contributed by atoms with E-state index in [4.69, 9.17) is 4.42 Å². The lowest BCUT2D eigenvalue weighted by molar-refractivity contribution is 0.116. The fourth-order valence-electron chi connectivity index (χ4n) is 2.84. The van der Waals surface area contributed by atoms with E-state index in [1.54, 1.807) is 32.3 Å². The summed E-state index contributed by atoms with van der Waals surface area (Å²) in [5, 5.41) is 7.31. The number of pyridine rings is 1. The van der Waals surface area contributed by atoms with Crippen LogP contribution in [0.3, 0.4) is 0 Å². The normalized spacial score (nSPS) is 12.7. The zero-order valence-electron chi connectivity index (χ0n) is 17.9. The SMILES string of the molecule is CCS(=O)(=O)N(Cc1ncc(-c2nnc(C(F)F)o2)s1)c1ccc(C(C)(C)/C=N/C)nc1. The van der Waals surface area contributed by atoms with Gasteiger partial charge >= 0.3 is 6.43 Å². The van der Waals surface area contributed by atoms with E-state index in [0.29, 0.717) is 15.6 Å². The van der Waals surface area contributed by atoms with Crippen LogP contribution in [0.1, 0.15) is 43.8 Å². The monoisotopic (exact) mass is 484 g/mol. The van der Waals surface area contributed by atoms with Gasteiger partial charge in [-0.05, 0) is 32.9 Å². The quantitative estimate of drug-likeness (QED) is 0.424. The Balaban J connectivity index is 1.89. The van der Waals surface area contributed by atoms with E-state index in [-0.39, 0.29) is 18.2 Å². The van der Waals surface area contributed by atoms with E-state index in [2.05, 4.69) is 25.2 Å². The predicted molar refractivity (Wildman–Crippen MR) is 118 cm³/mol. The van der Waals surface area contributed by atoms with Gasteiger partial charge in [-0.25, -0.2) is 13.4 Å². The lowest BCUT2D eigenvalue weighted by atomic mass is 9.90. The molecule has 172 valence electrons. The third-order valence-electron chi connectivity index (χ3n) is 4.52. The highest BCUT2D eigenvalue weighted by molar-refractivity contribution is 7.92. The van der Waals surface area contributed by atoms with E-state index in [1.165, 1.54) is 16.7 Å². The van der Waals surface area contributed by atoms with Crippen LogP contribution in [0, 0.1) is 0 Å². The van der Waals surface area contributed by atoms with Crippen LogP contribution in [0.2, 0.25) is 0 Å². The first-order valence-electron chi connectivity index (χ1n) is 9.54. The largest absolute Gasteiger partial charge is 0.414 e. The van der Waals surface area contributed by atoms with Gasteiger partial charge in [0.05, 0.1) is 36.1 Å². The lowest BCUT2D eigenvalue weighted by Gasteiger charge is -2.24. The van der Waals surface area contributed by atoms with Gasteiger partial charge in [0.25, 0.3) is 11.8 Å². The fourth-order valence-corrected chi connectivity index (χ4v) is 4.81. The Labute approximate surface area is 188 Å². The first kappa shape index (κ1) is 23.9. The maximum absolute atomic E-state index is 12.8. The maximum Gasteiger partial charge on any atom is 0.314 e. The molecule has 32 heavy (non-hydrogen) atoms. The molecule has 9 nitrogen and oxygen atoms in total. The van der Waals surface area contributed by atoms with Gasteiger partial charge in [0, 0.05) is 18.7 Å². The number of aliphatic imine (C=N–C) groups is 1. The molecule has 0 fully saturated rings. The van der Waals surface area contributed by atoms with E-state index in [9.17, 15) is 17.2 Å². The number of alkyl halides is 2. The van der Waals surface area contributed by atoms with Crippen LogP contribution in [0.25, 0.3) is 10.8 Å². The molecule has 0 unspecified atom stereocenters. The van der Waals surface area contributed by atoms with E-state index < -0.39 is 27.8 Å². The van der Waals surface area contributed by atoms with Crippen molar-refractivity contribution in [1.82, 2.24) is 20.2 Å². The topological polar surface area (TPSA) is 114 Å². The van der Waals surface area contributed by atoms with Gasteiger partial charge in [0.2, 0.25) is 10.0 Å². The Kier molecular flexibility index (Phi) is 6.98. The van der Waals surface area contributed by atoms with Crippen LogP contribution in [-0.4, -0.2) is 47.6 Å². The van der Waals surface area contributed by atoms with E-state index in [1.807, 2.05) is 13.8 Å². The summed E-state index contributed by atoms with van der Waals surface area (Å²) >= 11 is 1.08. The average molecular weight is 485 g/mol. The maximum atomic E-state index is 12.8. The highest BCUT2D eigenvalue weighted by Gasteiger charge is 2.25. The number of hydrogen-bond donors (Lipinski definition) is 0. The number of thiazole rings is 1. The summed E-state index contributed by atoms with van der Waals surface area (Å²) in [5.41, 5.74) is 0.713. The highest BCUT2D eigenvalue weighted by Crippen LogP contribution is 2.30. The highest BCUT2D eigenvalue weighted by atomic mass is 32.2. The van der Waals surface area contributed by atoms with Crippen molar-refractivity contribution >= 4 is 33.3 Å². The first-order chi connectivity index (χ1) is 15.1. The Morgan fingerprint density at radius 1 is 1.25 bits per heavy atom. The van der Waals surface area contributed by atoms with Gasteiger partial charge in [-0.2, -0.15) is 8.78 Å². The van der Waals surface area contributed by atoms with Crippen molar-refractivity contribution in [2.75, 3.05) is 17.1 Å². The zero-order valence-corrected chi connectivity index (χ0v) is 19.5. The molecule has 0 aliphatic rings. The Bertz CT molecular complexity index is 1190. The van der Waals surface area contributed by atoms with Crippen LogP contribution in [0.15, 0.2) is 33.9 Å². The predicted octanol–water partition coefficient (Wildman–Crippen LogP) is 3.86. The molecule has 3 rings (SSSR count). The molecule has 0 aliphatic heterocycles. The standard InChI is InChI=1S/C19H22F2N6O3S2/c1-5-32(28,29)27(12-6-7-14(23-8-12)19(2,3)11-22-4)10-15-24-9-13(31-15)17-25-26-18(30-17)16(20)21/h6-9,11,16H,5,10H2,1-4H3/b22-11+. The van der Waals surface area contributed by atoms with Crippen LogP contribution in [0.4, 0.5) is 14.5 Å². The average Bonchev–Trinajstić information content (AvgIpc) is 3.41. The molecule has 3 heterocycles. The van der Waals surface area contributed by atoms with Crippen LogP contribution >= 0.6 is 11.3 Å². The van der Waals surface area contributed by atoms with Gasteiger partial charge in [-0.15, -0.1) is 21.5 Å². The molecule has 0 aromatic carbocycles. The van der Waals surface area contributed by atoms with Crippen LogP contribution in [0.5, 0.6) is 0 Å². The van der Waals surface area contributed by atoms with Crippen LogP contribution in [-0.2, 0) is 22.0 Å². The molecule has 3 aromatic heterocycles. The number of halogens is 2. The molecule has 0 N–H and O–H groups in total. The summed E-state index contributed by atoms with van der Waals surface area (Å²) in [4.78, 5) is 13.0. The number of anilines is 1. The number of nitrogens with zero attached hydrogens (tertiary/aromatic N) is 6. The smallest absolute Gasteiger partial charge is 0.314 e. The second-order valence-corrected chi connectivity index (χ2v) is 10.6. The molecule has 0 amide bonds. The fraction of sp³-hybridized carbons (Fsp3) is 0.421. The molecule has 0 aliphatic carbocycles. The van der Waals surface area contributed by atoms with Crippen molar-refractivity contribution in [3.8, 4) is 10.8 Å². The Hall–Kier alpha value is -2.80. The number of aromatic nitrogens is 4. The number of sulfonamides is 1. The summed E-state index contributed by atoms with van der Waals surface area (Å²) in [6.07, 6.45) is 1.77. The molecule has 0 bridgehead atoms. The molecular formula is C19H22F2N6O3S2. The molecule has 0 spiro atoms. The van der Waals surface area contributed by atoms with Crippen molar-refractivity contribution in [1.29, 1.82) is 0 Å². The van der Waals surface area contributed by atoms with Gasteiger partial charge in [0.15, 0.2) is 0 Å². The second-order valence-electron chi connectivity index (χ2n) is 7.28. The molecule has 0 radical (unpaired) electrons. The van der Waals surface area contributed by atoms with Gasteiger partial charge in [-0.3, -0.25) is 14.3 Å². The molecule has 13 heteroatoms. The van der Waals surface area contributed by atoms with Crippen molar-refractivity contribution in [3.05, 3.63) is 41.1 Å². The molecular weight excluding hydrogens is 462 g/mol. The summed E-state index contributed by atoms with van der Waals surface area (Å²) in [6, 6.07) is 3.44. The summed E-state index contributed by atoms with van der Waals surface area (Å²) < 4.78 is 57.1. The Morgan fingerprint density at radius 2 is 2.00 bits per heavy atom. The second kappa shape index (κ2) is 9.36. The summed E-state index contributed by atoms with van der Waals surface area (Å²) in [5.74, 6) is -1.00. The third kappa shape index (κ3) is 5.15. The van der Waals surface area contributed by atoms with Gasteiger partial charge in [0.1, 0.15) is 9.88 Å². The third-order valence-corrected chi connectivity index (χ3v) is 7.23. The zero-order chi connectivity index (χ0) is 23.5. The lowest BCUT2D eigenvalue weighted by Crippen LogP contribution is -2.32. The van der Waals surface area contributed by atoms with Crippen molar-refractivity contribution in [3.63, 3.8) is 0 Å². The van der Waals surface area contributed by atoms with Crippen LogP contribution < -0.4 is 4.31 Å². The number of rotatable bonds is 9. The van der Waals surface area contributed by atoms with Gasteiger partial charge < -0.3 is 4.42 Å². The summed E-state index contributed by atoms with van der Waals surface area (Å²) in [7, 11) is -1.97. The van der Waals surface area contributed by atoms with E-state index in [0.717, 1.165) is 17.0 Å². The first-order valence-corrected chi connectivity index (χ1v) is 12.0. The molecule has 0 saturated heterocycles. The van der Waals surface area contributed by atoms with Gasteiger partial charge in [-0.1, -0.05) is 0 Å². The number of hydrogen-bond acceptors (Lipinski definition) is 9. The molecule has 0 atom stereocenters. The van der Waals surface area contributed by atoms with Crippen molar-refractivity contribution in [2.45, 2.75) is 39.2 Å². The summed E-state index contributed by atoms with van der Waals surface area (Å²) in [6.45, 7) is 5.40. The molecule has 0 saturated carbocycles. The minimum atomic E-state index is -3.65. The molecule has 3 aromatic rings. The van der Waals surface area contributed by atoms with Crippen molar-refractivity contribution < 1.29 is 21.6 Å². The van der Waals surface area contributed by atoms with Crippen molar-refractivity contribution in [2.24, 2.45) is 4.99 Å².